The average molecular weight is 403 g/mol. The molecule has 4 rings (SSSR count). The predicted octanol–water partition coefficient (Wildman–Crippen LogP) is 8.16. The van der Waals surface area contributed by atoms with Crippen molar-refractivity contribution < 1.29 is 0 Å². The molecule has 0 saturated carbocycles. The Bertz CT molecular complexity index is 1090. The van der Waals surface area contributed by atoms with Crippen molar-refractivity contribution in [3.05, 3.63) is 96.1 Å². The SMILES string of the molecule is ClCC=Cc1ccc2ccccc2c1-c1c(C=CCCl)ccc2ccccc12. The third-order valence-electron chi connectivity index (χ3n) is 4.95. The first kappa shape index (κ1) is 18.8. The molecule has 0 aliphatic carbocycles. The summed E-state index contributed by atoms with van der Waals surface area (Å²) in [6.45, 7) is 0. The minimum atomic E-state index is 0.487. The number of alkyl halides is 2. The number of fused-ring (bicyclic) bond motifs is 2. The molecule has 28 heavy (non-hydrogen) atoms. The van der Waals surface area contributed by atoms with Gasteiger partial charge in [0.25, 0.3) is 0 Å². The Balaban J connectivity index is 2.16. The van der Waals surface area contributed by atoms with Gasteiger partial charge in [0.15, 0.2) is 0 Å². The molecule has 0 aromatic heterocycles. The Hall–Kier alpha value is -2.54. The Morgan fingerprint density at radius 1 is 0.536 bits per heavy atom. The van der Waals surface area contributed by atoms with Gasteiger partial charge in [-0.05, 0) is 43.8 Å². The fourth-order valence-corrected chi connectivity index (χ4v) is 3.93. The van der Waals surface area contributed by atoms with Crippen LogP contribution in [0.4, 0.5) is 0 Å². The summed E-state index contributed by atoms with van der Waals surface area (Å²) in [7, 11) is 0. The van der Waals surface area contributed by atoms with Gasteiger partial charge in [-0.15, -0.1) is 23.2 Å². The van der Waals surface area contributed by atoms with E-state index in [0.29, 0.717) is 11.8 Å². The molecule has 0 nitrogen and oxygen atoms in total. The summed E-state index contributed by atoms with van der Waals surface area (Å²) in [4.78, 5) is 0. The van der Waals surface area contributed by atoms with E-state index in [9.17, 15) is 0 Å². The monoisotopic (exact) mass is 402 g/mol. The highest BCUT2D eigenvalue weighted by Gasteiger charge is 2.14. The van der Waals surface area contributed by atoms with E-state index in [2.05, 4.69) is 84.9 Å². The second-order valence-electron chi connectivity index (χ2n) is 6.62. The highest BCUT2D eigenvalue weighted by atomic mass is 35.5. The first-order chi connectivity index (χ1) is 13.8. The fourth-order valence-electron chi connectivity index (χ4n) is 3.76. The molecule has 0 heterocycles. The lowest BCUT2D eigenvalue weighted by Crippen LogP contribution is -1.92. The van der Waals surface area contributed by atoms with Gasteiger partial charge < -0.3 is 0 Å². The highest BCUT2D eigenvalue weighted by molar-refractivity contribution is 6.19. The Labute approximate surface area is 175 Å². The van der Waals surface area contributed by atoms with Gasteiger partial charge in [-0.3, -0.25) is 0 Å². The Morgan fingerprint density at radius 2 is 0.964 bits per heavy atom. The number of allylic oxidation sites excluding steroid dienone is 2. The third kappa shape index (κ3) is 3.58. The van der Waals surface area contributed by atoms with E-state index in [1.54, 1.807) is 0 Å². The van der Waals surface area contributed by atoms with Crippen LogP contribution in [-0.4, -0.2) is 11.8 Å². The fraction of sp³-hybridized carbons (Fsp3) is 0.0769. The lowest BCUT2D eigenvalue weighted by molar-refractivity contribution is 1.62. The summed E-state index contributed by atoms with van der Waals surface area (Å²) >= 11 is 11.9. The van der Waals surface area contributed by atoms with Crippen molar-refractivity contribution in [2.45, 2.75) is 0 Å². The van der Waals surface area contributed by atoms with Gasteiger partial charge in [-0.25, -0.2) is 0 Å². The standard InChI is InChI=1S/C26H20Cl2/c27-17-5-9-21-15-13-19-7-1-3-11-23(19)25(21)26-22(10-6-18-28)16-14-20-8-2-4-12-24(20)26/h1-16H,17-18H2. The zero-order chi connectivity index (χ0) is 19.3. The van der Waals surface area contributed by atoms with Crippen LogP contribution >= 0.6 is 23.2 Å². The van der Waals surface area contributed by atoms with Crippen LogP contribution in [0.5, 0.6) is 0 Å². The van der Waals surface area contributed by atoms with Crippen molar-refractivity contribution in [1.29, 1.82) is 0 Å². The van der Waals surface area contributed by atoms with Crippen LogP contribution in [-0.2, 0) is 0 Å². The normalized spacial score (nSPS) is 11.9. The van der Waals surface area contributed by atoms with E-state index in [1.165, 1.54) is 32.7 Å². The van der Waals surface area contributed by atoms with Crippen molar-refractivity contribution in [2.24, 2.45) is 0 Å². The lowest BCUT2D eigenvalue weighted by atomic mass is 9.87. The molecule has 4 aromatic rings. The number of hydrogen-bond donors (Lipinski definition) is 0. The minimum Gasteiger partial charge on any atom is -0.122 e. The van der Waals surface area contributed by atoms with Crippen molar-refractivity contribution in [3.8, 4) is 11.1 Å². The number of hydrogen-bond acceptors (Lipinski definition) is 0. The minimum absolute atomic E-state index is 0.487. The topological polar surface area (TPSA) is 0 Å². The molecular weight excluding hydrogens is 383 g/mol. The van der Waals surface area contributed by atoms with Crippen LogP contribution in [0.15, 0.2) is 84.9 Å². The summed E-state index contributed by atoms with van der Waals surface area (Å²) in [5, 5.41) is 4.91. The molecule has 0 fully saturated rings. The van der Waals surface area contributed by atoms with Gasteiger partial charge in [-0.1, -0.05) is 97.1 Å². The van der Waals surface area contributed by atoms with Gasteiger partial charge in [-0.2, -0.15) is 0 Å². The maximum absolute atomic E-state index is 5.95. The van der Waals surface area contributed by atoms with Gasteiger partial charge in [0, 0.05) is 11.8 Å². The van der Waals surface area contributed by atoms with Gasteiger partial charge in [0.05, 0.1) is 0 Å². The van der Waals surface area contributed by atoms with Crippen LogP contribution in [0.1, 0.15) is 11.1 Å². The van der Waals surface area contributed by atoms with Gasteiger partial charge >= 0.3 is 0 Å². The van der Waals surface area contributed by atoms with Gasteiger partial charge in [0.1, 0.15) is 0 Å². The maximum Gasteiger partial charge on any atom is 0.0407 e. The summed E-state index contributed by atoms with van der Waals surface area (Å²) in [6, 6.07) is 25.8. The van der Waals surface area contributed by atoms with E-state index < -0.39 is 0 Å². The molecule has 0 unspecified atom stereocenters. The average Bonchev–Trinajstić information content (AvgIpc) is 2.75. The lowest BCUT2D eigenvalue weighted by Gasteiger charge is -2.17. The molecular formula is C26H20Cl2. The predicted molar refractivity (Wildman–Crippen MR) is 126 cm³/mol. The van der Waals surface area contributed by atoms with Crippen molar-refractivity contribution >= 4 is 56.9 Å². The zero-order valence-electron chi connectivity index (χ0n) is 15.4. The molecule has 0 spiro atoms. The first-order valence-electron chi connectivity index (χ1n) is 9.32. The van der Waals surface area contributed by atoms with Crippen LogP contribution in [0.3, 0.4) is 0 Å². The van der Waals surface area contributed by atoms with Gasteiger partial charge in [0.2, 0.25) is 0 Å². The Kier molecular flexibility index (Phi) is 5.81. The smallest absolute Gasteiger partial charge is 0.0407 e. The number of benzene rings is 4. The Morgan fingerprint density at radius 3 is 1.39 bits per heavy atom. The molecule has 0 atom stereocenters. The van der Waals surface area contributed by atoms with E-state index in [0.717, 1.165) is 11.1 Å². The largest absolute Gasteiger partial charge is 0.122 e. The molecule has 0 bridgehead atoms. The highest BCUT2D eigenvalue weighted by Crippen LogP contribution is 2.40. The summed E-state index contributed by atoms with van der Waals surface area (Å²) in [5.74, 6) is 0.974. The second-order valence-corrected chi connectivity index (χ2v) is 7.23. The number of halogens is 2. The third-order valence-corrected chi connectivity index (χ3v) is 5.30. The summed E-state index contributed by atoms with van der Waals surface area (Å²) in [5.41, 5.74) is 4.78. The quantitative estimate of drug-likeness (QED) is 0.295. The van der Waals surface area contributed by atoms with Crippen LogP contribution in [0.2, 0.25) is 0 Å². The zero-order valence-corrected chi connectivity index (χ0v) is 16.9. The maximum atomic E-state index is 5.95. The first-order valence-corrected chi connectivity index (χ1v) is 10.4. The molecule has 2 heteroatoms. The van der Waals surface area contributed by atoms with Crippen LogP contribution < -0.4 is 0 Å². The molecule has 0 aliphatic rings. The van der Waals surface area contributed by atoms with E-state index in [1.807, 2.05) is 12.2 Å². The van der Waals surface area contributed by atoms with Crippen molar-refractivity contribution in [1.82, 2.24) is 0 Å². The number of rotatable bonds is 5. The molecule has 0 amide bonds. The molecule has 0 radical (unpaired) electrons. The van der Waals surface area contributed by atoms with E-state index in [-0.39, 0.29) is 0 Å². The van der Waals surface area contributed by atoms with Crippen LogP contribution in [0, 0.1) is 0 Å². The second kappa shape index (κ2) is 8.65. The van der Waals surface area contributed by atoms with Crippen molar-refractivity contribution in [3.63, 3.8) is 0 Å². The molecule has 0 N–H and O–H groups in total. The van der Waals surface area contributed by atoms with E-state index in [4.69, 9.17) is 23.2 Å². The summed E-state index contributed by atoms with van der Waals surface area (Å²) in [6.07, 6.45) is 8.22. The summed E-state index contributed by atoms with van der Waals surface area (Å²) < 4.78 is 0. The van der Waals surface area contributed by atoms with Crippen molar-refractivity contribution in [2.75, 3.05) is 11.8 Å². The van der Waals surface area contributed by atoms with E-state index >= 15 is 0 Å². The molecule has 0 aliphatic heterocycles. The molecule has 0 saturated heterocycles. The van der Waals surface area contributed by atoms with Crippen LogP contribution in [0.25, 0.3) is 44.8 Å². The molecule has 138 valence electrons. The molecule has 4 aromatic carbocycles.